The molecule has 0 atom stereocenters. The summed E-state index contributed by atoms with van der Waals surface area (Å²) in [6, 6.07) is 19.0. The largest absolute Gasteiger partial charge is 0.356 e. The third-order valence-corrected chi connectivity index (χ3v) is 3.35. The topological polar surface area (TPSA) is 36.4 Å². The second kappa shape index (κ2) is 8.10. The quantitative estimate of drug-likeness (QED) is 0.653. The van der Waals surface area contributed by atoms with Gasteiger partial charge in [0.05, 0.1) is 0 Å². The molecule has 0 radical (unpaired) electrons. The smallest absolute Gasteiger partial charge is 0.191 e. The van der Waals surface area contributed by atoms with Gasteiger partial charge in [-0.2, -0.15) is 0 Å². The van der Waals surface area contributed by atoms with Gasteiger partial charge in [-0.1, -0.05) is 60.2 Å². The van der Waals surface area contributed by atoms with E-state index in [2.05, 4.69) is 58.9 Å². The second-order valence-electron chi connectivity index (χ2n) is 5.07. The molecule has 2 rings (SSSR count). The second-order valence-corrected chi connectivity index (χ2v) is 5.07. The van der Waals surface area contributed by atoms with Crippen molar-refractivity contribution in [3.05, 3.63) is 71.3 Å². The standard InChI is InChI=1S/C18H23N3/c1-15-8-10-16(11-9-15)12-13-20-18(19-2)21-14-17-6-4-3-5-7-17/h3-11H,12-14H2,1-2H3,(H2,19,20,21). The molecule has 0 saturated heterocycles. The minimum Gasteiger partial charge on any atom is -0.356 e. The third kappa shape index (κ3) is 5.30. The SMILES string of the molecule is CN=C(NCCc1ccc(C)cc1)NCc1ccccc1. The van der Waals surface area contributed by atoms with Gasteiger partial charge in [0.2, 0.25) is 0 Å². The van der Waals surface area contributed by atoms with E-state index in [4.69, 9.17) is 0 Å². The molecule has 0 aromatic heterocycles. The summed E-state index contributed by atoms with van der Waals surface area (Å²) in [5.41, 5.74) is 3.89. The van der Waals surface area contributed by atoms with Gasteiger partial charge in [-0.15, -0.1) is 0 Å². The van der Waals surface area contributed by atoms with Gasteiger partial charge in [-0.3, -0.25) is 4.99 Å². The molecule has 0 fully saturated rings. The molecule has 0 aliphatic rings. The normalized spacial score (nSPS) is 11.2. The van der Waals surface area contributed by atoms with Crippen LogP contribution in [-0.2, 0) is 13.0 Å². The lowest BCUT2D eigenvalue weighted by Crippen LogP contribution is -2.37. The van der Waals surface area contributed by atoms with Crippen molar-refractivity contribution >= 4 is 5.96 Å². The zero-order valence-corrected chi connectivity index (χ0v) is 12.8. The van der Waals surface area contributed by atoms with Crippen molar-refractivity contribution in [3.8, 4) is 0 Å². The fourth-order valence-electron chi connectivity index (χ4n) is 2.08. The maximum Gasteiger partial charge on any atom is 0.191 e. The Labute approximate surface area is 127 Å². The van der Waals surface area contributed by atoms with Crippen LogP contribution in [0.2, 0.25) is 0 Å². The van der Waals surface area contributed by atoms with E-state index in [0.29, 0.717) is 0 Å². The number of nitrogens with one attached hydrogen (secondary N) is 2. The van der Waals surface area contributed by atoms with Gasteiger partial charge in [-0.25, -0.2) is 0 Å². The van der Waals surface area contributed by atoms with Crippen LogP contribution >= 0.6 is 0 Å². The van der Waals surface area contributed by atoms with E-state index in [9.17, 15) is 0 Å². The molecule has 21 heavy (non-hydrogen) atoms. The number of hydrogen-bond donors (Lipinski definition) is 2. The summed E-state index contributed by atoms with van der Waals surface area (Å²) < 4.78 is 0. The Kier molecular flexibility index (Phi) is 5.83. The first-order valence-corrected chi connectivity index (χ1v) is 7.32. The van der Waals surface area contributed by atoms with Crippen molar-refractivity contribution in [1.29, 1.82) is 0 Å². The number of benzene rings is 2. The van der Waals surface area contributed by atoms with E-state index in [1.54, 1.807) is 7.05 Å². The van der Waals surface area contributed by atoms with E-state index < -0.39 is 0 Å². The van der Waals surface area contributed by atoms with Crippen LogP contribution in [-0.4, -0.2) is 19.6 Å². The molecule has 0 heterocycles. The van der Waals surface area contributed by atoms with Gasteiger partial charge >= 0.3 is 0 Å². The number of rotatable bonds is 5. The molecule has 0 bridgehead atoms. The lowest BCUT2D eigenvalue weighted by atomic mass is 10.1. The molecule has 0 aliphatic heterocycles. The van der Waals surface area contributed by atoms with Crippen LogP contribution in [0.5, 0.6) is 0 Å². The molecular weight excluding hydrogens is 258 g/mol. The summed E-state index contributed by atoms with van der Waals surface area (Å²) >= 11 is 0. The fraction of sp³-hybridized carbons (Fsp3) is 0.278. The molecule has 2 N–H and O–H groups in total. The maximum atomic E-state index is 4.24. The zero-order chi connectivity index (χ0) is 14.9. The molecule has 0 unspecified atom stereocenters. The predicted octanol–water partition coefficient (Wildman–Crippen LogP) is 2.90. The van der Waals surface area contributed by atoms with E-state index in [0.717, 1.165) is 25.5 Å². The molecule has 0 spiro atoms. The highest BCUT2D eigenvalue weighted by Gasteiger charge is 1.98. The van der Waals surface area contributed by atoms with Gasteiger partial charge in [0, 0.05) is 20.1 Å². The van der Waals surface area contributed by atoms with Gasteiger partial charge in [0.1, 0.15) is 0 Å². The highest BCUT2D eigenvalue weighted by Crippen LogP contribution is 2.03. The first kappa shape index (κ1) is 15.1. The first-order chi connectivity index (χ1) is 10.3. The van der Waals surface area contributed by atoms with Crippen molar-refractivity contribution < 1.29 is 0 Å². The number of nitrogens with zero attached hydrogens (tertiary/aromatic N) is 1. The molecule has 2 aromatic carbocycles. The molecule has 3 nitrogen and oxygen atoms in total. The van der Waals surface area contributed by atoms with Gasteiger partial charge < -0.3 is 10.6 Å². The van der Waals surface area contributed by atoms with E-state index >= 15 is 0 Å². The highest BCUT2D eigenvalue weighted by molar-refractivity contribution is 5.79. The van der Waals surface area contributed by atoms with Gasteiger partial charge in [0.25, 0.3) is 0 Å². The van der Waals surface area contributed by atoms with Crippen LogP contribution in [0.1, 0.15) is 16.7 Å². The Bertz CT molecular complexity index is 559. The van der Waals surface area contributed by atoms with E-state index in [-0.39, 0.29) is 0 Å². The van der Waals surface area contributed by atoms with Crippen LogP contribution in [0.25, 0.3) is 0 Å². The average molecular weight is 281 g/mol. The number of hydrogen-bond acceptors (Lipinski definition) is 1. The van der Waals surface area contributed by atoms with Crippen molar-refractivity contribution in [2.45, 2.75) is 19.9 Å². The Balaban J connectivity index is 1.74. The number of guanidine groups is 1. The van der Waals surface area contributed by atoms with Crippen LogP contribution in [0.4, 0.5) is 0 Å². The van der Waals surface area contributed by atoms with Crippen molar-refractivity contribution in [2.75, 3.05) is 13.6 Å². The van der Waals surface area contributed by atoms with Crippen molar-refractivity contribution in [2.24, 2.45) is 4.99 Å². The Morgan fingerprint density at radius 2 is 1.62 bits per heavy atom. The minimum atomic E-state index is 0.783. The Hall–Kier alpha value is -2.29. The highest BCUT2D eigenvalue weighted by atomic mass is 15.2. The summed E-state index contributed by atoms with van der Waals surface area (Å²) in [7, 11) is 1.80. The fourth-order valence-corrected chi connectivity index (χ4v) is 2.08. The monoisotopic (exact) mass is 281 g/mol. The molecular formula is C18H23N3. The van der Waals surface area contributed by atoms with Crippen LogP contribution in [0.15, 0.2) is 59.6 Å². The maximum absolute atomic E-state index is 4.24. The Morgan fingerprint density at radius 3 is 2.29 bits per heavy atom. The molecule has 3 heteroatoms. The van der Waals surface area contributed by atoms with E-state index in [1.165, 1.54) is 16.7 Å². The molecule has 0 aliphatic carbocycles. The van der Waals surface area contributed by atoms with Gasteiger partial charge in [0.15, 0.2) is 5.96 Å². The zero-order valence-electron chi connectivity index (χ0n) is 12.8. The van der Waals surface area contributed by atoms with Crippen molar-refractivity contribution in [1.82, 2.24) is 10.6 Å². The molecule has 110 valence electrons. The molecule has 0 saturated carbocycles. The van der Waals surface area contributed by atoms with Crippen LogP contribution < -0.4 is 10.6 Å². The third-order valence-electron chi connectivity index (χ3n) is 3.35. The summed E-state index contributed by atoms with van der Waals surface area (Å²) in [4.78, 5) is 4.24. The predicted molar refractivity (Wildman–Crippen MR) is 89.5 cm³/mol. The van der Waals surface area contributed by atoms with E-state index in [1.807, 2.05) is 18.2 Å². The molecule has 0 amide bonds. The lowest BCUT2D eigenvalue weighted by molar-refractivity contribution is 0.794. The summed E-state index contributed by atoms with van der Waals surface area (Å²) in [5.74, 6) is 0.839. The summed E-state index contributed by atoms with van der Waals surface area (Å²) in [6.07, 6.45) is 0.992. The summed E-state index contributed by atoms with van der Waals surface area (Å²) in [6.45, 7) is 3.76. The van der Waals surface area contributed by atoms with Crippen LogP contribution in [0, 0.1) is 6.92 Å². The first-order valence-electron chi connectivity index (χ1n) is 7.32. The lowest BCUT2D eigenvalue weighted by Gasteiger charge is -2.12. The van der Waals surface area contributed by atoms with Crippen molar-refractivity contribution in [3.63, 3.8) is 0 Å². The molecule has 2 aromatic rings. The van der Waals surface area contributed by atoms with Crippen LogP contribution in [0.3, 0.4) is 0 Å². The number of aryl methyl sites for hydroxylation is 1. The minimum absolute atomic E-state index is 0.783. The number of aliphatic imine (C=N–C) groups is 1. The average Bonchev–Trinajstić information content (AvgIpc) is 2.53. The Morgan fingerprint density at radius 1 is 0.905 bits per heavy atom. The van der Waals surface area contributed by atoms with Gasteiger partial charge in [-0.05, 0) is 24.5 Å². The summed E-state index contributed by atoms with van der Waals surface area (Å²) in [5, 5.41) is 6.66.